The number of hydrogen-bond donors (Lipinski definition) is 1. The Morgan fingerprint density at radius 2 is 1.76 bits per heavy atom. The summed E-state index contributed by atoms with van der Waals surface area (Å²) in [4.78, 5) is 12.3. The van der Waals surface area contributed by atoms with E-state index in [2.05, 4.69) is 21.2 Å². The number of nitrogens with one attached hydrogen (secondary N) is 1. The van der Waals surface area contributed by atoms with Gasteiger partial charge in [-0.3, -0.25) is 0 Å². The molecule has 21 heavy (non-hydrogen) atoms. The van der Waals surface area contributed by atoms with Crippen LogP contribution in [0.15, 0.2) is 53.0 Å². The summed E-state index contributed by atoms with van der Waals surface area (Å²) < 4.78 is 6.37. The van der Waals surface area contributed by atoms with Crippen LogP contribution in [-0.4, -0.2) is 19.6 Å². The number of rotatable bonds is 6. The summed E-state index contributed by atoms with van der Waals surface area (Å²) in [6.07, 6.45) is 0.802. The topological polar surface area (TPSA) is 38.3 Å². The van der Waals surface area contributed by atoms with Gasteiger partial charge in [-0.15, -0.1) is 0 Å². The summed E-state index contributed by atoms with van der Waals surface area (Å²) in [6, 6.07) is 15.3. The molecule has 110 valence electrons. The number of carbonyl (C=O) groups is 1. The Morgan fingerprint density at radius 3 is 2.48 bits per heavy atom. The molecule has 0 saturated carbocycles. The van der Waals surface area contributed by atoms with Crippen LogP contribution in [0.2, 0.25) is 0 Å². The number of halogens is 1. The monoisotopic (exact) mass is 347 g/mol. The minimum Gasteiger partial charge on any atom is -0.457 e. The molecule has 0 fully saturated rings. The molecule has 1 N–H and O–H groups in total. The predicted molar refractivity (Wildman–Crippen MR) is 87.3 cm³/mol. The van der Waals surface area contributed by atoms with Gasteiger partial charge >= 0.3 is 5.97 Å². The Bertz CT molecular complexity index is 613. The number of benzene rings is 2. The molecule has 0 radical (unpaired) electrons. The lowest BCUT2D eigenvalue weighted by Gasteiger charge is -2.10. The lowest BCUT2D eigenvalue weighted by molar-refractivity contribution is 0.0470. The minimum atomic E-state index is -0.280. The van der Waals surface area contributed by atoms with Crippen molar-refractivity contribution in [2.45, 2.75) is 13.0 Å². The van der Waals surface area contributed by atoms with Gasteiger partial charge in [0.05, 0.1) is 5.56 Å². The number of likely N-dealkylation sites (N-methyl/N-ethyl adjacent to an activating group) is 1. The first-order valence-electron chi connectivity index (χ1n) is 6.85. The molecule has 2 aromatic rings. The molecule has 0 saturated heterocycles. The molecule has 0 unspecified atom stereocenters. The molecule has 0 atom stereocenters. The minimum absolute atomic E-state index is 0.265. The normalized spacial score (nSPS) is 10.4. The maximum Gasteiger partial charge on any atom is 0.338 e. The Labute approximate surface area is 133 Å². The van der Waals surface area contributed by atoms with E-state index in [1.165, 1.54) is 0 Å². The van der Waals surface area contributed by atoms with Crippen molar-refractivity contribution in [1.29, 1.82) is 0 Å². The molecule has 0 aliphatic rings. The van der Waals surface area contributed by atoms with Crippen LogP contribution in [0, 0.1) is 0 Å². The summed E-state index contributed by atoms with van der Waals surface area (Å²) >= 11 is 3.45. The quantitative estimate of drug-likeness (QED) is 0.811. The Kier molecular flexibility index (Phi) is 5.96. The van der Waals surface area contributed by atoms with E-state index < -0.39 is 0 Å². The second-order valence-electron chi connectivity index (χ2n) is 4.68. The fourth-order valence-electron chi connectivity index (χ4n) is 2.03. The molecule has 2 rings (SSSR count). The SMILES string of the molecule is CNCCc1ccccc1C(=O)OCc1ccccc1Br. The fourth-order valence-corrected chi connectivity index (χ4v) is 2.43. The van der Waals surface area contributed by atoms with Gasteiger partial charge in [-0.1, -0.05) is 52.3 Å². The van der Waals surface area contributed by atoms with Crippen molar-refractivity contribution in [3.63, 3.8) is 0 Å². The van der Waals surface area contributed by atoms with Crippen molar-refractivity contribution >= 4 is 21.9 Å². The summed E-state index contributed by atoms with van der Waals surface area (Å²) in [5, 5.41) is 3.09. The van der Waals surface area contributed by atoms with Crippen molar-refractivity contribution in [1.82, 2.24) is 5.32 Å². The highest BCUT2D eigenvalue weighted by Gasteiger charge is 2.12. The number of ether oxygens (including phenoxy) is 1. The van der Waals surface area contributed by atoms with E-state index in [1.54, 1.807) is 0 Å². The van der Waals surface area contributed by atoms with E-state index in [1.807, 2.05) is 55.6 Å². The number of esters is 1. The highest BCUT2D eigenvalue weighted by molar-refractivity contribution is 9.10. The van der Waals surface area contributed by atoms with Crippen LogP contribution < -0.4 is 5.32 Å². The Hall–Kier alpha value is -1.65. The lowest BCUT2D eigenvalue weighted by atomic mass is 10.0. The highest BCUT2D eigenvalue weighted by Crippen LogP contribution is 2.18. The standard InChI is InChI=1S/C17H18BrNO2/c1-19-11-10-13-6-2-4-8-15(13)17(20)21-12-14-7-3-5-9-16(14)18/h2-9,19H,10-12H2,1H3. The van der Waals surface area contributed by atoms with Crippen LogP contribution in [-0.2, 0) is 17.8 Å². The van der Waals surface area contributed by atoms with Crippen molar-refractivity contribution in [2.75, 3.05) is 13.6 Å². The molecule has 3 nitrogen and oxygen atoms in total. The number of hydrogen-bond acceptors (Lipinski definition) is 3. The van der Waals surface area contributed by atoms with Gasteiger partial charge in [-0.2, -0.15) is 0 Å². The first kappa shape index (κ1) is 15.7. The number of carbonyl (C=O) groups excluding carboxylic acids is 1. The summed E-state index contributed by atoms with van der Waals surface area (Å²) in [5.74, 6) is -0.280. The van der Waals surface area contributed by atoms with Gasteiger partial charge < -0.3 is 10.1 Å². The van der Waals surface area contributed by atoms with Crippen LogP contribution in [0.1, 0.15) is 21.5 Å². The third-order valence-electron chi connectivity index (χ3n) is 3.20. The second kappa shape index (κ2) is 7.96. The molecule has 0 bridgehead atoms. The van der Waals surface area contributed by atoms with E-state index >= 15 is 0 Å². The Balaban J connectivity index is 2.05. The van der Waals surface area contributed by atoms with Gasteiger partial charge in [0.15, 0.2) is 0 Å². The average molecular weight is 348 g/mol. The van der Waals surface area contributed by atoms with Crippen molar-refractivity contribution in [3.8, 4) is 0 Å². The van der Waals surface area contributed by atoms with E-state index in [4.69, 9.17) is 4.74 Å². The first-order chi connectivity index (χ1) is 10.2. The van der Waals surface area contributed by atoms with Crippen molar-refractivity contribution in [2.24, 2.45) is 0 Å². The van der Waals surface area contributed by atoms with E-state index in [0.717, 1.165) is 28.6 Å². The van der Waals surface area contributed by atoms with E-state index in [9.17, 15) is 4.79 Å². The smallest absolute Gasteiger partial charge is 0.338 e. The van der Waals surface area contributed by atoms with E-state index in [0.29, 0.717) is 5.56 Å². The second-order valence-corrected chi connectivity index (χ2v) is 5.53. The largest absolute Gasteiger partial charge is 0.457 e. The van der Waals surface area contributed by atoms with Crippen LogP contribution in [0.25, 0.3) is 0 Å². The predicted octanol–water partition coefficient (Wildman–Crippen LogP) is 3.57. The summed E-state index contributed by atoms with van der Waals surface area (Å²) in [5.41, 5.74) is 2.60. The molecule has 0 aromatic heterocycles. The van der Waals surface area contributed by atoms with Gasteiger partial charge in [-0.25, -0.2) is 4.79 Å². The van der Waals surface area contributed by atoms with Crippen molar-refractivity contribution < 1.29 is 9.53 Å². The highest BCUT2D eigenvalue weighted by atomic mass is 79.9. The molecular formula is C17H18BrNO2. The molecule has 0 amide bonds. The molecule has 0 spiro atoms. The van der Waals surface area contributed by atoms with Crippen LogP contribution >= 0.6 is 15.9 Å². The molecule has 0 heterocycles. The van der Waals surface area contributed by atoms with Gasteiger partial charge in [0.1, 0.15) is 6.61 Å². The zero-order valence-electron chi connectivity index (χ0n) is 11.9. The fraction of sp³-hybridized carbons (Fsp3) is 0.235. The van der Waals surface area contributed by atoms with Crippen LogP contribution in [0.5, 0.6) is 0 Å². The molecule has 2 aromatic carbocycles. The van der Waals surface area contributed by atoms with E-state index in [-0.39, 0.29) is 12.6 Å². The van der Waals surface area contributed by atoms with Crippen molar-refractivity contribution in [3.05, 3.63) is 69.7 Å². The average Bonchev–Trinajstić information content (AvgIpc) is 2.52. The summed E-state index contributed by atoms with van der Waals surface area (Å²) in [6.45, 7) is 1.09. The van der Waals surface area contributed by atoms with Crippen LogP contribution in [0.3, 0.4) is 0 Å². The lowest BCUT2D eigenvalue weighted by Crippen LogP contribution is -2.14. The molecule has 0 aliphatic carbocycles. The molecule has 4 heteroatoms. The van der Waals surface area contributed by atoms with Gasteiger partial charge in [-0.05, 0) is 37.7 Å². The van der Waals surface area contributed by atoms with Gasteiger partial charge in [0.25, 0.3) is 0 Å². The third-order valence-corrected chi connectivity index (χ3v) is 3.97. The molecular weight excluding hydrogens is 330 g/mol. The zero-order chi connectivity index (χ0) is 15.1. The van der Waals surface area contributed by atoms with Crippen LogP contribution in [0.4, 0.5) is 0 Å². The third kappa shape index (κ3) is 4.41. The Morgan fingerprint density at radius 1 is 1.10 bits per heavy atom. The zero-order valence-corrected chi connectivity index (χ0v) is 13.5. The molecule has 0 aliphatic heterocycles. The maximum absolute atomic E-state index is 12.3. The maximum atomic E-state index is 12.3. The van der Waals surface area contributed by atoms with Gasteiger partial charge in [0.2, 0.25) is 0 Å². The van der Waals surface area contributed by atoms with Gasteiger partial charge in [0, 0.05) is 10.0 Å². The summed E-state index contributed by atoms with van der Waals surface area (Å²) in [7, 11) is 1.90. The first-order valence-corrected chi connectivity index (χ1v) is 7.64.